The molecular weight excluding hydrogens is 567 g/mol. The smallest absolute Gasteiger partial charge is 0.203 e. The molecule has 0 spiro atoms. The van der Waals surface area contributed by atoms with Crippen LogP contribution in [0, 0.1) is 0 Å². The van der Waals surface area contributed by atoms with Gasteiger partial charge in [0, 0.05) is 49.9 Å². The van der Waals surface area contributed by atoms with E-state index in [1.165, 1.54) is 69.8 Å². The lowest BCUT2D eigenvalue weighted by Crippen LogP contribution is -2.29. The summed E-state index contributed by atoms with van der Waals surface area (Å²) in [6.45, 7) is 0. The van der Waals surface area contributed by atoms with E-state index < -0.39 is 0 Å². The van der Waals surface area contributed by atoms with Crippen LogP contribution in [-0.4, -0.2) is 22.7 Å². The van der Waals surface area contributed by atoms with Crippen molar-refractivity contribution in [1.29, 1.82) is 0 Å². The van der Waals surface area contributed by atoms with Crippen molar-refractivity contribution in [2.24, 2.45) is 4.99 Å². The van der Waals surface area contributed by atoms with Gasteiger partial charge >= 0.3 is 0 Å². The Balaban J connectivity index is 1.12. The molecule has 3 heterocycles. The Labute approximate surface area is 265 Å². The van der Waals surface area contributed by atoms with Gasteiger partial charge < -0.3 is 9.47 Å². The van der Waals surface area contributed by atoms with Crippen molar-refractivity contribution >= 4 is 65.2 Å². The zero-order valence-electron chi connectivity index (χ0n) is 24.8. The van der Waals surface area contributed by atoms with Crippen molar-refractivity contribution in [3.63, 3.8) is 0 Å². The third kappa shape index (κ3) is 4.14. The monoisotopic (exact) mass is 595 g/mol. The molecule has 0 aliphatic carbocycles. The summed E-state index contributed by atoms with van der Waals surface area (Å²) in [6.07, 6.45) is 3.89. The summed E-state index contributed by atoms with van der Waals surface area (Å²) in [6, 6.07) is 50.3. The van der Waals surface area contributed by atoms with Crippen LogP contribution >= 0.6 is 11.3 Å². The molecule has 1 aliphatic rings. The van der Waals surface area contributed by atoms with Crippen LogP contribution in [0.4, 0.5) is 0 Å². The Bertz CT molecular complexity index is 2450. The number of thiophene rings is 1. The number of allylic oxidation sites excluding steroid dienone is 1. The topological polar surface area (TPSA) is 20.5 Å². The van der Waals surface area contributed by atoms with Gasteiger partial charge in [0.25, 0.3) is 0 Å². The number of aliphatic imine (C=N–C) groups is 1. The van der Waals surface area contributed by atoms with Crippen LogP contribution in [0.15, 0.2) is 151 Å². The summed E-state index contributed by atoms with van der Waals surface area (Å²) >= 11 is 1.89. The second-order valence-electron chi connectivity index (χ2n) is 11.7. The van der Waals surface area contributed by atoms with E-state index in [1.807, 2.05) is 17.6 Å². The van der Waals surface area contributed by atoms with E-state index in [9.17, 15) is 0 Å². The van der Waals surface area contributed by atoms with Gasteiger partial charge in [-0.25, -0.2) is 4.99 Å². The van der Waals surface area contributed by atoms with E-state index in [-0.39, 0.29) is 6.29 Å². The third-order valence-electron chi connectivity index (χ3n) is 9.11. The number of rotatable bonds is 4. The Kier molecular flexibility index (Phi) is 5.97. The number of nitrogens with zero attached hydrogens (tertiary/aromatic N) is 3. The van der Waals surface area contributed by atoms with Gasteiger partial charge in [0.2, 0.25) is 6.29 Å². The summed E-state index contributed by atoms with van der Waals surface area (Å²) in [5.74, 6) is 0. The minimum atomic E-state index is -0.215. The number of benzene rings is 6. The maximum absolute atomic E-state index is 5.06. The fraction of sp³-hybridized carbons (Fsp3) is 0.0488. The molecule has 214 valence electrons. The highest BCUT2D eigenvalue weighted by molar-refractivity contribution is 7.26. The number of aromatic nitrogens is 1. The summed E-state index contributed by atoms with van der Waals surface area (Å²) in [5, 5.41) is 5.22. The Morgan fingerprint density at radius 2 is 1.22 bits per heavy atom. The summed E-state index contributed by atoms with van der Waals surface area (Å²) in [7, 11) is 2.16. The van der Waals surface area contributed by atoms with Crippen molar-refractivity contribution in [1.82, 2.24) is 9.47 Å². The van der Waals surface area contributed by atoms with Crippen LogP contribution in [0.3, 0.4) is 0 Å². The lowest BCUT2D eigenvalue weighted by molar-refractivity contribution is 0.283. The minimum Gasteiger partial charge on any atom is -0.335 e. The zero-order valence-corrected chi connectivity index (χ0v) is 25.6. The predicted molar refractivity (Wildman–Crippen MR) is 193 cm³/mol. The molecule has 8 aromatic rings. The van der Waals surface area contributed by atoms with Crippen LogP contribution in [0.1, 0.15) is 11.9 Å². The molecule has 3 nitrogen and oxygen atoms in total. The summed E-state index contributed by atoms with van der Waals surface area (Å²) in [4.78, 5) is 7.37. The lowest BCUT2D eigenvalue weighted by Gasteiger charge is -2.33. The van der Waals surface area contributed by atoms with E-state index in [2.05, 4.69) is 162 Å². The van der Waals surface area contributed by atoms with Gasteiger partial charge in [-0.3, -0.25) is 0 Å². The normalized spacial score (nSPS) is 15.0. The molecule has 0 saturated carbocycles. The summed E-state index contributed by atoms with van der Waals surface area (Å²) < 4.78 is 5.07. The molecule has 0 saturated heterocycles. The molecule has 0 fully saturated rings. The Morgan fingerprint density at radius 1 is 0.556 bits per heavy atom. The molecule has 0 bridgehead atoms. The van der Waals surface area contributed by atoms with Gasteiger partial charge in [-0.05, 0) is 58.2 Å². The second-order valence-corrected chi connectivity index (χ2v) is 12.7. The van der Waals surface area contributed by atoms with Gasteiger partial charge in [0.05, 0.1) is 11.0 Å². The first-order valence-electron chi connectivity index (χ1n) is 15.3. The Hall–Kier alpha value is -5.45. The molecule has 1 unspecified atom stereocenters. The van der Waals surface area contributed by atoms with Crippen molar-refractivity contribution in [2.75, 3.05) is 7.05 Å². The predicted octanol–water partition coefficient (Wildman–Crippen LogP) is 11.0. The van der Waals surface area contributed by atoms with Crippen molar-refractivity contribution in [3.05, 3.63) is 151 Å². The first-order chi connectivity index (χ1) is 22.2. The van der Waals surface area contributed by atoms with E-state index in [0.29, 0.717) is 0 Å². The molecule has 0 amide bonds. The minimum absolute atomic E-state index is 0.215. The molecule has 45 heavy (non-hydrogen) atoms. The lowest BCUT2D eigenvalue weighted by atomic mass is 9.98. The molecule has 6 aromatic carbocycles. The fourth-order valence-corrected chi connectivity index (χ4v) is 8.19. The molecule has 9 rings (SSSR count). The molecule has 1 atom stereocenters. The maximum atomic E-state index is 5.06. The second kappa shape index (κ2) is 10.3. The average Bonchev–Trinajstić information content (AvgIpc) is 3.65. The van der Waals surface area contributed by atoms with Gasteiger partial charge in [0.15, 0.2) is 0 Å². The van der Waals surface area contributed by atoms with Crippen LogP contribution in [-0.2, 0) is 0 Å². The highest BCUT2D eigenvalue weighted by atomic mass is 32.1. The molecule has 1 aliphatic heterocycles. The van der Waals surface area contributed by atoms with Crippen molar-refractivity contribution in [3.8, 4) is 22.3 Å². The van der Waals surface area contributed by atoms with Gasteiger partial charge in [-0.2, -0.15) is 0 Å². The van der Waals surface area contributed by atoms with Gasteiger partial charge in [-0.15, -0.1) is 11.3 Å². The number of para-hydroxylation sites is 1. The van der Waals surface area contributed by atoms with Gasteiger partial charge in [0.1, 0.15) is 0 Å². The first kappa shape index (κ1) is 26.0. The van der Waals surface area contributed by atoms with Crippen molar-refractivity contribution < 1.29 is 0 Å². The summed E-state index contributed by atoms with van der Waals surface area (Å²) in [5.41, 5.74) is 9.58. The van der Waals surface area contributed by atoms with E-state index in [1.54, 1.807) is 0 Å². The van der Waals surface area contributed by atoms with E-state index in [0.717, 1.165) is 5.70 Å². The molecule has 0 radical (unpaired) electrons. The van der Waals surface area contributed by atoms with E-state index >= 15 is 0 Å². The van der Waals surface area contributed by atoms with Gasteiger partial charge in [-0.1, -0.05) is 115 Å². The average molecular weight is 596 g/mol. The largest absolute Gasteiger partial charge is 0.335 e. The molecule has 4 heteroatoms. The Morgan fingerprint density at radius 3 is 2.07 bits per heavy atom. The number of hydrogen-bond acceptors (Lipinski definition) is 3. The highest BCUT2D eigenvalue weighted by Gasteiger charge is 2.26. The van der Waals surface area contributed by atoms with Crippen LogP contribution in [0.25, 0.3) is 69.9 Å². The SMILES string of the molecule is CN1C(c2cccc(-c3ccc(-c4ccccc4)cc3)c2)=CC=NC1n1c2ccccc2c2c3sc4ccccc4c3ccc21. The van der Waals surface area contributed by atoms with Crippen LogP contribution in [0.2, 0.25) is 0 Å². The number of fused-ring (bicyclic) bond motifs is 7. The third-order valence-corrected chi connectivity index (χ3v) is 10.3. The first-order valence-corrected chi connectivity index (χ1v) is 16.1. The molecular formula is C41H29N3S. The number of hydrogen-bond donors (Lipinski definition) is 0. The van der Waals surface area contributed by atoms with Crippen LogP contribution in [0.5, 0.6) is 0 Å². The van der Waals surface area contributed by atoms with Crippen molar-refractivity contribution in [2.45, 2.75) is 6.29 Å². The molecule has 0 N–H and O–H groups in total. The standard InChI is InChI=1S/C41H29N3S/c1-43-35(31-13-9-12-30(26-31)29-20-18-28(19-21-29)27-10-3-2-4-11-27)24-25-42-41(43)44-36-16-7-5-15-34(36)39-37(44)23-22-33-32-14-6-8-17-38(32)45-40(33)39/h2-26,41H,1H3. The maximum Gasteiger partial charge on any atom is 0.203 e. The van der Waals surface area contributed by atoms with E-state index in [4.69, 9.17) is 4.99 Å². The molecule has 2 aromatic heterocycles. The van der Waals surface area contributed by atoms with Crippen LogP contribution < -0.4 is 0 Å². The quantitative estimate of drug-likeness (QED) is 0.198. The highest BCUT2D eigenvalue weighted by Crippen LogP contribution is 2.44. The zero-order chi connectivity index (χ0) is 29.9. The fourth-order valence-electron chi connectivity index (χ4n) is 6.93.